The number of ether oxygens (including phenoxy) is 2. The Kier molecular flexibility index (Phi) is 5.60. The molecule has 0 saturated carbocycles. The summed E-state index contributed by atoms with van der Waals surface area (Å²) in [5.41, 5.74) is 0. The lowest BCUT2D eigenvalue weighted by Gasteiger charge is -2.15. The third-order valence-corrected chi connectivity index (χ3v) is 2.49. The molecule has 88 valence electrons. The van der Waals surface area contributed by atoms with Crippen molar-refractivity contribution in [2.75, 3.05) is 46.6 Å². The first-order valence-electron chi connectivity index (χ1n) is 5.23. The van der Waals surface area contributed by atoms with Gasteiger partial charge in [-0.05, 0) is 0 Å². The second-order valence-corrected chi connectivity index (χ2v) is 3.70. The number of hydrogen-bond donors (Lipinski definition) is 1. The van der Waals surface area contributed by atoms with E-state index in [2.05, 4.69) is 0 Å². The number of aliphatic hydroxyl groups is 1. The van der Waals surface area contributed by atoms with Crippen LogP contribution in [0.4, 0.5) is 0 Å². The number of carbonyl (C=O) groups is 1. The van der Waals surface area contributed by atoms with Crippen molar-refractivity contribution in [3.05, 3.63) is 0 Å². The first kappa shape index (κ1) is 12.4. The largest absolute Gasteiger partial charge is 0.396 e. The molecule has 1 aliphatic rings. The standard InChI is InChI=1S/C10H19NO4/c1-14-4-5-15-3-2-11-7-9(8-12)6-10(11)13/h9,12H,2-8H2,1H3. The van der Waals surface area contributed by atoms with Crippen LogP contribution in [0.1, 0.15) is 6.42 Å². The predicted octanol–water partition coefficient (Wildman–Crippen LogP) is -0.510. The van der Waals surface area contributed by atoms with Crippen molar-refractivity contribution in [2.45, 2.75) is 6.42 Å². The zero-order valence-electron chi connectivity index (χ0n) is 9.15. The maximum absolute atomic E-state index is 11.4. The Morgan fingerprint density at radius 2 is 2.27 bits per heavy atom. The average molecular weight is 217 g/mol. The number of likely N-dealkylation sites (tertiary alicyclic amines) is 1. The Morgan fingerprint density at radius 3 is 2.87 bits per heavy atom. The number of rotatable bonds is 7. The van der Waals surface area contributed by atoms with Crippen LogP contribution in [0.15, 0.2) is 0 Å². The SMILES string of the molecule is COCCOCCN1CC(CO)CC1=O. The third kappa shape index (κ3) is 4.15. The summed E-state index contributed by atoms with van der Waals surface area (Å²) in [6, 6.07) is 0. The topological polar surface area (TPSA) is 59.0 Å². The monoisotopic (exact) mass is 217 g/mol. The zero-order valence-corrected chi connectivity index (χ0v) is 9.15. The van der Waals surface area contributed by atoms with Gasteiger partial charge in [-0.1, -0.05) is 0 Å². The fourth-order valence-electron chi connectivity index (χ4n) is 1.61. The van der Waals surface area contributed by atoms with E-state index in [0.717, 1.165) is 0 Å². The van der Waals surface area contributed by atoms with E-state index in [9.17, 15) is 4.79 Å². The molecule has 0 aliphatic carbocycles. The van der Waals surface area contributed by atoms with Crippen LogP contribution < -0.4 is 0 Å². The molecule has 0 aromatic rings. The number of hydrogen-bond acceptors (Lipinski definition) is 4. The van der Waals surface area contributed by atoms with Crippen molar-refractivity contribution in [3.63, 3.8) is 0 Å². The van der Waals surface area contributed by atoms with E-state index < -0.39 is 0 Å². The number of amides is 1. The third-order valence-electron chi connectivity index (χ3n) is 2.49. The number of methoxy groups -OCH3 is 1. The zero-order chi connectivity index (χ0) is 11.1. The first-order chi connectivity index (χ1) is 7.27. The molecule has 1 heterocycles. The Bertz CT molecular complexity index is 198. The quantitative estimate of drug-likeness (QED) is 0.584. The molecule has 1 atom stereocenters. The van der Waals surface area contributed by atoms with Crippen LogP contribution in [0, 0.1) is 5.92 Å². The van der Waals surface area contributed by atoms with Gasteiger partial charge in [-0.15, -0.1) is 0 Å². The van der Waals surface area contributed by atoms with E-state index >= 15 is 0 Å². The van der Waals surface area contributed by atoms with Gasteiger partial charge in [0.15, 0.2) is 0 Å². The van der Waals surface area contributed by atoms with E-state index in [1.54, 1.807) is 12.0 Å². The molecule has 0 radical (unpaired) electrons. The second kappa shape index (κ2) is 6.76. The lowest BCUT2D eigenvalue weighted by Crippen LogP contribution is -2.29. The Morgan fingerprint density at radius 1 is 1.47 bits per heavy atom. The van der Waals surface area contributed by atoms with E-state index in [0.29, 0.717) is 39.3 Å². The molecular formula is C10H19NO4. The highest BCUT2D eigenvalue weighted by Gasteiger charge is 2.28. The summed E-state index contributed by atoms with van der Waals surface area (Å²) in [6.07, 6.45) is 0.467. The van der Waals surface area contributed by atoms with Gasteiger partial charge in [-0.25, -0.2) is 0 Å². The fraction of sp³-hybridized carbons (Fsp3) is 0.900. The average Bonchev–Trinajstić information content (AvgIpc) is 2.59. The molecule has 1 saturated heterocycles. The van der Waals surface area contributed by atoms with Gasteiger partial charge in [0.05, 0.1) is 19.8 Å². The van der Waals surface area contributed by atoms with Gasteiger partial charge in [-0.3, -0.25) is 4.79 Å². The van der Waals surface area contributed by atoms with Gasteiger partial charge < -0.3 is 19.5 Å². The Balaban J connectivity index is 2.08. The molecule has 1 aliphatic heterocycles. The highest BCUT2D eigenvalue weighted by atomic mass is 16.5. The molecule has 1 unspecified atom stereocenters. The van der Waals surface area contributed by atoms with E-state index in [1.807, 2.05) is 0 Å². The summed E-state index contributed by atoms with van der Waals surface area (Å²) in [6.45, 7) is 3.03. The van der Waals surface area contributed by atoms with Gasteiger partial charge in [0.1, 0.15) is 0 Å². The number of nitrogens with zero attached hydrogens (tertiary/aromatic N) is 1. The van der Waals surface area contributed by atoms with Crippen LogP contribution in [-0.4, -0.2) is 62.5 Å². The molecule has 0 aromatic carbocycles. The molecule has 5 nitrogen and oxygen atoms in total. The summed E-state index contributed by atoms with van der Waals surface area (Å²) in [7, 11) is 1.62. The van der Waals surface area contributed by atoms with Crippen molar-refractivity contribution in [1.82, 2.24) is 4.90 Å². The molecule has 0 spiro atoms. The number of aliphatic hydroxyl groups excluding tert-OH is 1. The minimum Gasteiger partial charge on any atom is -0.396 e. The van der Waals surface area contributed by atoms with Gasteiger partial charge in [0.25, 0.3) is 0 Å². The molecule has 1 fully saturated rings. The summed E-state index contributed by atoms with van der Waals surface area (Å²) in [4.78, 5) is 13.1. The van der Waals surface area contributed by atoms with Crippen molar-refractivity contribution < 1.29 is 19.4 Å². The first-order valence-corrected chi connectivity index (χ1v) is 5.23. The normalized spacial score (nSPS) is 21.3. The van der Waals surface area contributed by atoms with Crippen LogP contribution >= 0.6 is 0 Å². The molecule has 1 amide bonds. The smallest absolute Gasteiger partial charge is 0.223 e. The molecule has 0 aromatic heterocycles. The minimum absolute atomic E-state index is 0.0901. The van der Waals surface area contributed by atoms with Crippen molar-refractivity contribution in [2.24, 2.45) is 5.92 Å². The van der Waals surface area contributed by atoms with Gasteiger partial charge in [0.2, 0.25) is 5.91 Å². The lowest BCUT2D eigenvalue weighted by atomic mass is 10.1. The summed E-state index contributed by atoms with van der Waals surface area (Å²) in [5.74, 6) is 0.223. The van der Waals surface area contributed by atoms with Gasteiger partial charge in [0, 0.05) is 39.1 Å². The van der Waals surface area contributed by atoms with E-state index in [4.69, 9.17) is 14.6 Å². The minimum atomic E-state index is 0.0901. The van der Waals surface area contributed by atoms with Crippen LogP contribution in [0.3, 0.4) is 0 Å². The maximum Gasteiger partial charge on any atom is 0.223 e. The summed E-state index contributed by atoms with van der Waals surface area (Å²) in [5, 5.41) is 8.92. The summed E-state index contributed by atoms with van der Waals surface area (Å²) >= 11 is 0. The lowest BCUT2D eigenvalue weighted by molar-refractivity contribution is -0.128. The fourth-order valence-corrected chi connectivity index (χ4v) is 1.61. The Hall–Kier alpha value is -0.650. The van der Waals surface area contributed by atoms with Crippen molar-refractivity contribution >= 4 is 5.91 Å². The van der Waals surface area contributed by atoms with Crippen LogP contribution in [0.25, 0.3) is 0 Å². The molecule has 15 heavy (non-hydrogen) atoms. The Labute approximate surface area is 90.0 Å². The molecule has 0 bridgehead atoms. The maximum atomic E-state index is 11.4. The van der Waals surface area contributed by atoms with Gasteiger partial charge in [-0.2, -0.15) is 0 Å². The summed E-state index contributed by atoms with van der Waals surface area (Å²) < 4.78 is 10.1. The highest BCUT2D eigenvalue weighted by Crippen LogP contribution is 2.16. The van der Waals surface area contributed by atoms with Crippen LogP contribution in [0.2, 0.25) is 0 Å². The van der Waals surface area contributed by atoms with Crippen LogP contribution in [-0.2, 0) is 14.3 Å². The second-order valence-electron chi connectivity index (χ2n) is 3.70. The van der Waals surface area contributed by atoms with Gasteiger partial charge >= 0.3 is 0 Å². The van der Waals surface area contributed by atoms with Crippen molar-refractivity contribution in [3.8, 4) is 0 Å². The van der Waals surface area contributed by atoms with E-state index in [1.165, 1.54) is 0 Å². The predicted molar refractivity (Wildman–Crippen MR) is 54.5 cm³/mol. The molecule has 1 N–H and O–H groups in total. The molecule has 1 rings (SSSR count). The van der Waals surface area contributed by atoms with Crippen LogP contribution in [0.5, 0.6) is 0 Å². The number of carbonyl (C=O) groups excluding carboxylic acids is 1. The van der Waals surface area contributed by atoms with E-state index in [-0.39, 0.29) is 18.4 Å². The highest BCUT2D eigenvalue weighted by molar-refractivity contribution is 5.78. The van der Waals surface area contributed by atoms with Crippen molar-refractivity contribution in [1.29, 1.82) is 0 Å². The molecular weight excluding hydrogens is 198 g/mol. The molecule has 5 heteroatoms.